The summed E-state index contributed by atoms with van der Waals surface area (Å²) in [5, 5.41) is 16.0. The molecule has 0 amide bonds. The Balaban J connectivity index is 0. The lowest BCUT2D eigenvalue weighted by Crippen LogP contribution is -1.90. The maximum absolute atomic E-state index is 9.60. The normalized spacial score (nSPS) is 8.18. The summed E-state index contributed by atoms with van der Waals surface area (Å²) >= 11 is 0. The van der Waals surface area contributed by atoms with E-state index in [9.17, 15) is 4.79 Å². The molecule has 0 aliphatic rings. The number of aliphatic hydroxyl groups is 1. The zero-order chi connectivity index (χ0) is 13.4. The van der Waals surface area contributed by atoms with Gasteiger partial charge in [0.2, 0.25) is 0 Å². The number of aliphatic hydroxyl groups excluding tert-OH is 1. The van der Waals surface area contributed by atoms with Gasteiger partial charge in [0, 0.05) is 13.0 Å². The molecule has 0 radical (unpaired) electrons. The van der Waals surface area contributed by atoms with Gasteiger partial charge in [-0.3, -0.25) is 4.79 Å². The summed E-state index contributed by atoms with van der Waals surface area (Å²) in [5.74, 6) is -0.711. The average molecular weight is 240 g/mol. The van der Waals surface area contributed by atoms with Gasteiger partial charge in [0.15, 0.2) is 0 Å². The second-order valence-electron chi connectivity index (χ2n) is 3.38. The lowest BCUT2D eigenvalue weighted by atomic mass is 10.4. The van der Waals surface area contributed by atoms with Gasteiger partial charge in [0.05, 0.1) is 0 Å². The van der Waals surface area contributed by atoms with Gasteiger partial charge >= 0.3 is 5.97 Å². The first kappa shape index (κ1) is 18.0. The molecule has 0 spiro atoms. The van der Waals surface area contributed by atoms with E-state index in [1.165, 1.54) is 0 Å². The number of benzene rings is 1. The van der Waals surface area contributed by atoms with Crippen molar-refractivity contribution in [3.63, 3.8) is 0 Å². The monoisotopic (exact) mass is 240 g/mol. The van der Waals surface area contributed by atoms with Crippen LogP contribution in [0.1, 0.15) is 39.5 Å². The van der Waals surface area contributed by atoms with Crippen LogP contribution in [0.2, 0.25) is 0 Å². The molecule has 0 fully saturated rings. The van der Waals surface area contributed by atoms with E-state index >= 15 is 0 Å². The third kappa shape index (κ3) is 25.2. The van der Waals surface area contributed by atoms with E-state index in [2.05, 4.69) is 6.92 Å². The molecule has 0 bridgehead atoms. The minimum atomic E-state index is -0.711. The van der Waals surface area contributed by atoms with Gasteiger partial charge in [0.1, 0.15) is 0 Å². The van der Waals surface area contributed by atoms with Crippen molar-refractivity contribution in [3.8, 4) is 0 Å². The summed E-state index contributed by atoms with van der Waals surface area (Å²) in [4.78, 5) is 9.60. The smallest absolute Gasteiger partial charge is 0.303 e. The summed E-state index contributed by atoms with van der Waals surface area (Å²) in [7, 11) is 0. The van der Waals surface area contributed by atoms with E-state index < -0.39 is 5.97 Å². The Hall–Kier alpha value is -1.35. The largest absolute Gasteiger partial charge is 0.481 e. The van der Waals surface area contributed by atoms with E-state index in [1.807, 2.05) is 43.3 Å². The van der Waals surface area contributed by atoms with Gasteiger partial charge < -0.3 is 10.2 Å². The van der Waals surface area contributed by atoms with Gasteiger partial charge in [-0.25, -0.2) is 0 Å². The van der Waals surface area contributed by atoms with Crippen molar-refractivity contribution < 1.29 is 15.0 Å². The topological polar surface area (TPSA) is 57.5 Å². The number of carbonyl (C=O) groups is 1. The van der Waals surface area contributed by atoms with E-state index in [4.69, 9.17) is 10.2 Å². The first-order valence-corrected chi connectivity index (χ1v) is 6.01. The van der Waals surface area contributed by atoms with Crippen molar-refractivity contribution in [1.29, 1.82) is 0 Å². The van der Waals surface area contributed by atoms with Crippen LogP contribution in [0.25, 0.3) is 0 Å². The molecule has 0 aliphatic carbocycles. The first-order valence-electron chi connectivity index (χ1n) is 6.01. The highest BCUT2D eigenvalue weighted by molar-refractivity contribution is 5.66. The van der Waals surface area contributed by atoms with Crippen molar-refractivity contribution >= 4 is 5.97 Å². The third-order valence-corrected chi connectivity index (χ3v) is 1.64. The number of rotatable bonds is 4. The SMILES string of the molecule is CCCC(=O)O.CCCCO.c1ccccc1. The fraction of sp³-hybridized carbons (Fsp3) is 0.500. The van der Waals surface area contributed by atoms with Crippen LogP contribution in [0.3, 0.4) is 0 Å². The fourth-order valence-corrected chi connectivity index (χ4v) is 0.757. The molecule has 1 aromatic carbocycles. The van der Waals surface area contributed by atoms with Crippen LogP contribution < -0.4 is 0 Å². The van der Waals surface area contributed by atoms with Crippen molar-refractivity contribution in [1.82, 2.24) is 0 Å². The Morgan fingerprint density at radius 2 is 1.35 bits per heavy atom. The van der Waals surface area contributed by atoms with Crippen LogP contribution in [-0.4, -0.2) is 22.8 Å². The molecule has 0 atom stereocenters. The predicted octanol–water partition coefficient (Wildman–Crippen LogP) is 3.34. The Morgan fingerprint density at radius 3 is 1.41 bits per heavy atom. The molecular formula is C14H24O3. The summed E-state index contributed by atoms with van der Waals surface area (Å²) in [6.45, 7) is 4.24. The molecule has 0 aromatic heterocycles. The molecule has 0 saturated carbocycles. The maximum atomic E-state index is 9.60. The molecule has 98 valence electrons. The zero-order valence-electron chi connectivity index (χ0n) is 10.8. The van der Waals surface area contributed by atoms with Crippen LogP contribution in [-0.2, 0) is 4.79 Å². The van der Waals surface area contributed by atoms with Gasteiger partial charge in [-0.15, -0.1) is 0 Å². The Bertz CT molecular complexity index is 206. The quantitative estimate of drug-likeness (QED) is 0.848. The van der Waals surface area contributed by atoms with Gasteiger partial charge in [-0.05, 0) is 12.8 Å². The number of carboxylic acid groups (broad SMARTS) is 1. The molecule has 1 rings (SSSR count). The van der Waals surface area contributed by atoms with Crippen LogP contribution in [0.5, 0.6) is 0 Å². The summed E-state index contributed by atoms with van der Waals surface area (Å²) in [5.41, 5.74) is 0. The highest BCUT2D eigenvalue weighted by Crippen LogP contribution is 1.82. The van der Waals surface area contributed by atoms with E-state index in [0.717, 1.165) is 19.3 Å². The van der Waals surface area contributed by atoms with Crippen LogP contribution in [0.4, 0.5) is 0 Å². The molecule has 2 N–H and O–H groups in total. The Morgan fingerprint density at radius 1 is 0.941 bits per heavy atom. The zero-order valence-corrected chi connectivity index (χ0v) is 10.8. The number of carboxylic acids is 1. The molecule has 17 heavy (non-hydrogen) atoms. The standard InChI is InChI=1S/C6H6.C4H8O2.C4H10O/c1-2-4-6-5-3-1;1-2-3-4(5)6;1-2-3-4-5/h1-6H;2-3H2,1H3,(H,5,6);5H,2-4H2,1H3. The number of unbranched alkanes of at least 4 members (excludes halogenated alkanes) is 1. The van der Waals surface area contributed by atoms with Crippen molar-refractivity contribution in [2.45, 2.75) is 39.5 Å². The first-order chi connectivity index (χ1) is 8.18. The van der Waals surface area contributed by atoms with E-state index in [1.54, 1.807) is 0 Å². The molecule has 0 saturated heterocycles. The molecule has 3 nitrogen and oxygen atoms in total. The molecular weight excluding hydrogens is 216 g/mol. The lowest BCUT2D eigenvalue weighted by Gasteiger charge is -1.79. The predicted molar refractivity (Wildman–Crippen MR) is 71.0 cm³/mol. The summed E-state index contributed by atoms with van der Waals surface area (Å²) in [6, 6.07) is 12.0. The molecule has 0 unspecified atom stereocenters. The Kier molecular flexibility index (Phi) is 18.1. The lowest BCUT2D eigenvalue weighted by molar-refractivity contribution is -0.137. The molecule has 0 heterocycles. The number of hydrogen-bond donors (Lipinski definition) is 2. The van der Waals surface area contributed by atoms with Crippen molar-refractivity contribution in [2.75, 3.05) is 6.61 Å². The minimum Gasteiger partial charge on any atom is -0.481 e. The van der Waals surface area contributed by atoms with Gasteiger partial charge in [0.25, 0.3) is 0 Å². The highest BCUT2D eigenvalue weighted by atomic mass is 16.4. The van der Waals surface area contributed by atoms with Crippen LogP contribution >= 0.6 is 0 Å². The Labute approximate surface area is 104 Å². The van der Waals surface area contributed by atoms with E-state index in [-0.39, 0.29) is 0 Å². The highest BCUT2D eigenvalue weighted by Gasteiger charge is 1.87. The summed E-state index contributed by atoms with van der Waals surface area (Å²) < 4.78 is 0. The molecule has 0 aliphatic heterocycles. The minimum absolute atomic E-state index is 0.292. The number of hydrogen-bond acceptors (Lipinski definition) is 2. The van der Waals surface area contributed by atoms with Gasteiger partial charge in [-0.2, -0.15) is 0 Å². The second kappa shape index (κ2) is 17.1. The third-order valence-electron chi connectivity index (χ3n) is 1.64. The van der Waals surface area contributed by atoms with E-state index in [0.29, 0.717) is 13.0 Å². The van der Waals surface area contributed by atoms with Crippen molar-refractivity contribution in [2.24, 2.45) is 0 Å². The maximum Gasteiger partial charge on any atom is 0.303 e. The second-order valence-corrected chi connectivity index (χ2v) is 3.38. The number of aliphatic carboxylic acids is 1. The average Bonchev–Trinajstić information content (AvgIpc) is 2.34. The molecule has 1 aromatic rings. The van der Waals surface area contributed by atoms with Gasteiger partial charge in [-0.1, -0.05) is 56.7 Å². The van der Waals surface area contributed by atoms with Crippen molar-refractivity contribution in [3.05, 3.63) is 36.4 Å². The van der Waals surface area contributed by atoms with Crippen LogP contribution in [0.15, 0.2) is 36.4 Å². The molecule has 3 heteroatoms. The summed E-state index contributed by atoms with van der Waals surface area (Å²) in [6.07, 6.45) is 3.06. The van der Waals surface area contributed by atoms with Crippen LogP contribution in [0, 0.1) is 0 Å². The fourth-order valence-electron chi connectivity index (χ4n) is 0.757.